The maximum atomic E-state index is 12.9. The molecule has 13 heteroatoms. The van der Waals surface area contributed by atoms with E-state index in [1.807, 2.05) is 19.1 Å². The highest BCUT2D eigenvalue weighted by Crippen LogP contribution is 2.35. The standard InChI is InChI=1S/C30H38ClN7O4S/c1-6-28(39)33-25-18-24(21(4)17-26(25)38-13-11-37(12-14-38)15-16-42-5)35-30-32-19-22(31)29(36-30)34-23-9-7-8-10-27(23)43(40,41)20(2)3/h6-10,17-20H,1,11-16H2,2-5H3,(H,33,39)(H2,32,34,35,36). The van der Waals surface area contributed by atoms with E-state index in [0.717, 1.165) is 44.0 Å². The van der Waals surface area contributed by atoms with Crippen LogP contribution in [0.4, 0.5) is 34.5 Å². The van der Waals surface area contributed by atoms with Gasteiger partial charge >= 0.3 is 0 Å². The summed E-state index contributed by atoms with van der Waals surface area (Å²) in [6.45, 7) is 13.8. The topological polar surface area (TPSA) is 129 Å². The molecule has 1 saturated heterocycles. The molecule has 0 radical (unpaired) electrons. The molecule has 230 valence electrons. The number of aromatic nitrogens is 2. The monoisotopic (exact) mass is 627 g/mol. The molecule has 11 nitrogen and oxygen atoms in total. The molecular weight excluding hydrogens is 590 g/mol. The predicted molar refractivity (Wildman–Crippen MR) is 173 cm³/mol. The molecule has 0 atom stereocenters. The first kappa shape index (κ1) is 32.2. The molecule has 1 aliphatic heterocycles. The third-order valence-corrected chi connectivity index (χ3v) is 9.66. The van der Waals surface area contributed by atoms with E-state index in [4.69, 9.17) is 16.3 Å². The van der Waals surface area contributed by atoms with Gasteiger partial charge in [0.05, 0.1) is 40.0 Å². The minimum atomic E-state index is -3.56. The van der Waals surface area contributed by atoms with Crippen molar-refractivity contribution in [2.24, 2.45) is 0 Å². The first-order valence-corrected chi connectivity index (χ1v) is 15.9. The van der Waals surface area contributed by atoms with Crippen molar-refractivity contribution in [3.8, 4) is 0 Å². The van der Waals surface area contributed by atoms with E-state index in [9.17, 15) is 13.2 Å². The minimum Gasteiger partial charge on any atom is -0.383 e. The molecule has 4 rings (SSSR count). The molecule has 2 heterocycles. The van der Waals surface area contributed by atoms with Crippen LogP contribution in [0.1, 0.15) is 19.4 Å². The number of benzene rings is 2. The first-order valence-electron chi connectivity index (χ1n) is 14.0. The number of hydrogen-bond acceptors (Lipinski definition) is 10. The van der Waals surface area contributed by atoms with Gasteiger partial charge in [-0.1, -0.05) is 30.3 Å². The van der Waals surface area contributed by atoms with E-state index in [1.54, 1.807) is 45.2 Å². The van der Waals surface area contributed by atoms with Gasteiger partial charge in [0.25, 0.3) is 0 Å². The van der Waals surface area contributed by atoms with E-state index in [-0.39, 0.29) is 27.6 Å². The van der Waals surface area contributed by atoms with Gasteiger partial charge in [0.1, 0.15) is 5.02 Å². The number of halogens is 1. The molecule has 43 heavy (non-hydrogen) atoms. The highest BCUT2D eigenvalue weighted by Gasteiger charge is 2.24. The highest BCUT2D eigenvalue weighted by molar-refractivity contribution is 7.92. The molecule has 1 aliphatic rings. The number of aryl methyl sites for hydroxylation is 1. The fourth-order valence-corrected chi connectivity index (χ4v) is 5.98. The number of anilines is 6. The molecule has 1 amide bonds. The molecule has 3 N–H and O–H groups in total. The van der Waals surface area contributed by atoms with Gasteiger partial charge < -0.3 is 25.6 Å². The van der Waals surface area contributed by atoms with Crippen LogP contribution in [0.2, 0.25) is 5.02 Å². The van der Waals surface area contributed by atoms with E-state index >= 15 is 0 Å². The summed E-state index contributed by atoms with van der Waals surface area (Å²) in [6.07, 6.45) is 2.67. The summed E-state index contributed by atoms with van der Waals surface area (Å²) < 4.78 is 31.1. The van der Waals surface area contributed by atoms with Crippen molar-refractivity contribution in [1.82, 2.24) is 14.9 Å². The summed E-state index contributed by atoms with van der Waals surface area (Å²) in [7, 11) is -1.86. The van der Waals surface area contributed by atoms with Crippen molar-refractivity contribution >= 4 is 61.9 Å². The molecule has 0 aliphatic carbocycles. The normalized spacial score (nSPS) is 14.0. The van der Waals surface area contributed by atoms with Crippen LogP contribution in [0, 0.1) is 6.92 Å². The van der Waals surface area contributed by atoms with E-state index in [0.29, 0.717) is 23.7 Å². The second kappa shape index (κ2) is 14.2. The number of sulfone groups is 1. The Morgan fingerprint density at radius 3 is 2.51 bits per heavy atom. The summed E-state index contributed by atoms with van der Waals surface area (Å²) in [6, 6.07) is 10.5. The largest absolute Gasteiger partial charge is 0.383 e. The quantitative estimate of drug-likeness (QED) is 0.236. The van der Waals surface area contributed by atoms with E-state index in [2.05, 4.69) is 42.3 Å². The van der Waals surface area contributed by atoms with Crippen molar-refractivity contribution < 1.29 is 17.9 Å². The van der Waals surface area contributed by atoms with Gasteiger partial charge in [0.15, 0.2) is 15.7 Å². The number of nitrogens with one attached hydrogen (secondary N) is 3. The van der Waals surface area contributed by atoms with E-state index < -0.39 is 15.1 Å². The molecule has 3 aromatic rings. The van der Waals surface area contributed by atoms with Gasteiger partial charge in [-0.2, -0.15) is 4.98 Å². The van der Waals surface area contributed by atoms with Gasteiger partial charge in [-0.3, -0.25) is 9.69 Å². The Balaban J connectivity index is 1.61. The molecule has 2 aromatic carbocycles. The van der Waals surface area contributed by atoms with Crippen molar-refractivity contribution in [1.29, 1.82) is 0 Å². The predicted octanol–water partition coefficient (Wildman–Crippen LogP) is 5.00. The van der Waals surface area contributed by atoms with Crippen LogP contribution in [-0.4, -0.2) is 80.9 Å². The lowest BCUT2D eigenvalue weighted by Gasteiger charge is -2.37. The zero-order valence-electron chi connectivity index (χ0n) is 24.9. The first-order chi connectivity index (χ1) is 20.5. The highest BCUT2D eigenvalue weighted by atomic mass is 35.5. The van der Waals surface area contributed by atoms with Crippen LogP contribution in [0.3, 0.4) is 0 Å². The SMILES string of the molecule is C=CC(=O)Nc1cc(Nc2ncc(Cl)c(Nc3ccccc3S(=O)(=O)C(C)C)n2)c(C)cc1N1CCN(CCOC)CC1. The number of methoxy groups -OCH3 is 1. The Morgan fingerprint density at radius 1 is 1.12 bits per heavy atom. The van der Waals surface area contributed by atoms with Gasteiger partial charge in [-0.15, -0.1) is 0 Å². The lowest BCUT2D eigenvalue weighted by atomic mass is 10.1. The van der Waals surface area contributed by atoms with Crippen LogP contribution in [0.5, 0.6) is 0 Å². The molecule has 1 fully saturated rings. The lowest BCUT2D eigenvalue weighted by Crippen LogP contribution is -2.47. The number of nitrogens with zero attached hydrogens (tertiary/aromatic N) is 4. The van der Waals surface area contributed by atoms with Gasteiger partial charge in [0.2, 0.25) is 11.9 Å². The number of carbonyl (C=O) groups is 1. The van der Waals surface area contributed by atoms with Crippen LogP contribution in [0.25, 0.3) is 0 Å². The third kappa shape index (κ3) is 7.82. The Labute approximate surface area is 258 Å². The molecule has 0 spiro atoms. The summed E-state index contributed by atoms with van der Waals surface area (Å²) in [5.74, 6) is 0.158. The summed E-state index contributed by atoms with van der Waals surface area (Å²) in [4.78, 5) is 26.0. The van der Waals surface area contributed by atoms with Crippen LogP contribution >= 0.6 is 11.6 Å². The fourth-order valence-electron chi connectivity index (χ4n) is 4.64. The fraction of sp³-hybridized carbons (Fsp3) is 0.367. The number of amides is 1. The summed E-state index contributed by atoms with van der Waals surface area (Å²) in [5, 5.41) is 8.84. The smallest absolute Gasteiger partial charge is 0.247 e. The molecule has 0 bridgehead atoms. The van der Waals surface area contributed by atoms with Crippen LogP contribution < -0.4 is 20.9 Å². The van der Waals surface area contributed by atoms with Crippen molar-refractivity contribution in [2.75, 3.05) is 67.3 Å². The number of para-hydroxylation sites is 1. The average Bonchev–Trinajstić information content (AvgIpc) is 2.99. The van der Waals surface area contributed by atoms with Crippen LogP contribution in [0.15, 0.2) is 60.1 Å². The molecule has 1 aromatic heterocycles. The zero-order valence-corrected chi connectivity index (χ0v) is 26.4. The number of rotatable bonds is 12. The third-order valence-electron chi connectivity index (χ3n) is 7.17. The number of ether oxygens (including phenoxy) is 1. The Bertz CT molecular complexity index is 1570. The Morgan fingerprint density at radius 2 is 1.84 bits per heavy atom. The maximum Gasteiger partial charge on any atom is 0.247 e. The van der Waals surface area contributed by atoms with Gasteiger partial charge in [-0.25, -0.2) is 13.4 Å². The summed E-state index contributed by atoms with van der Waals surface area (Å²) >= 11 is 6.42. The molecular formula is C30H38ClN7O4S. The Hall–Kier alpha value is -3.71. The zero-order chi connectivity index (χ0) is 31.1. The Kier molecular flexibility index (Phi) is 10.6. The van der Waals surface area contributed by atoms with Crippen molar-refractivity contribution in [2.45, 2.75) is 30.9 Å². The van der Waals surface area contributed by atoms with Crippen molar-refractivity contribution in [3.63, 3.8) is 0 Å². The molecule has 0 unspecified atom stereocenters. The second-order valence-corrected chi connectivity index (χ2v) is 13.3. The van der Waals surface area contributed by atoms with Gasteiger partial charge in [-0.05, 0) is 56.7 Å². The maximum absolute atomic E-state index is 12.9. The van der Waals surface area contributed by atoms with E-state index in [1.165, 1.54) is 12.3 Å². The van der Waals surface area contributed by atoms with Crippen LogP contribution in [-0.2, 0) is 19.4 Å². The lowest BCUT2D eigenvalue weighted by molar-refractivity contribution is -0.111. The number of carbonyl (C=O) groups excluding carboxylic acids is 1. The molecule has 0 saturated carbocycles. The summed E-state index contributed by atoms with van der Waals surface area (Å²) in [5.41, 5.74) is 3.49. The minimum absolute atomic E-state index is 0.155. The number of hydrogen-bond donors (Lipinski definition) is 3. The van der Waals surface area contributed by atoms with Gasteiger partial charge in [0, 0.05) is 45.5 Å². The second-order valence-electron chi connectivity index (χ2n) is 10.4. The number of piperazine rings is 1. The average molecular weight is 628 g/mol. The van der Waals surface area contributed by atoms with Crippen molar-refractivity contribution in [3.05, 3.63) is 65.8 Å².